The first-order chi connectivity index (χ1) is 11.6. The number of nitrogens with zero attached hydrogens (tertiary/aromatic N) is 1. The van der Waals surface area contributed by atoms with Crippen molar-refractivity contribution in [2.45, 2.75) is 6.42 Å². The maximum Gasteiger partial charge on any atom is 0.308 e. The highest BCUT2D eigenvalue weighted by atomic mass is 79.9. The van der Waals surface area contributed by atoms with E-state index in [0.717, 1.165) is 36.9 Å². The number of aromatic nitrogens is 1. The van der Waals surface area contributed by atoms with Gasteiger partial charge in [-0.2, -0.15) is 0 Å². The molecule has 0 unspecified atom stereocenters. The Balaban J connectivity index is 2.04. The molecule has 1 aromatic heterocycles. The molecule has 24 heavy (non-hydrogen) atoms. The summed E-state index contributed by atoms with van der Waals surface area (Å²) in [6.45, 7) is 0. The fourth-order valence-electron chi connectivity index (χ4n) is 2.30. The van der Waals surface area contributed by atoms with Crippen LogP contribution in [0, 0.1) is 0 Å². The molecular formula is C18H14BrNO3S. The lowest BCUT2D eigenvalue weighted by atomic mass is 10.1. The summed E-state index contributed by atoms with van der Waals surface area (Å²) in [5.74, 6) is -0.0903. The summed E-state index contributed by atoms with van der Waals surface area (Å²) in [5.41, 5.74) is 2.57. The monoisotopic (exact) mass is 403 g/mol. The van der Waals surface area contributed by atoms with Gasteiger partial charge in [0.25, 0.3) is 0 Å². The van der Waals surface area contributed by atoms with E-state index in [4.69, 9.17) is 4.74 Å². The average Bonchev–Trinajstić information content (AvgIpc) is 2.98. The van der Waals surface area contributed by atoms with Crippen LogP contribution in [-0.4, -0.2) is 23.2 Å². The van der Waals surface area contributed by atoms with E-state index in [9.17, 15) is 9.90 Å². The van der Waals surface area contributed by atoms with Crippen LogP contribution < -0.4 is 4.74 Å². The minimum absolute atomic E-state index is 0.0424. The molecule has 122 valence electrons. The zero-order valence-electron chi connectivity index (χ0n) is 12.8. The Morgan fingerprint density at radius 2 is 1.75 bits per heavy atom. The van der Waals surface area contributed by atoms with Crippen molar-refractivity contribution in [2.75, 3.05) is 7.11 Å². The second kappa shape index (κ2) is 7.15. The van der Waals surface area contributed by atoms with Crippen LogP contribution in [0.2, 0.25) is 0 Å². The first-order valence-corrected chi connectivity index (χ1v) is 8.79. The number of aliphatic carboxylic acids is 1. The van der Waals surface area contributed by atoms with Gasteiger partial charge in [0.1, 0.15) is 10.8 Å². The molecule has 2 aromatic carbocycles. The number of carbonyl (C=O) groups is 1. The summed E-state index contributed by atoms with van der Waals surface area (Å²) in [6, 6.07) is 15.3. The standard InChI is InChI=1S/C18H14BrNO3S/c1-23-14-8-4-12(5-9-14)18-20-17(15(24-18)10-16(21)22)11-2-6-13(19)7-3-11/h2-9H,10H2,1H3,(H,21,22). The zero-order valence-corrected chi connectivity index (χ0v) is 15.2. The molecule has 0 saturated carbocycles. The smallest absolute Gasteiger partial charge is 0.308 e. The van der Waals surface area contributed by atoms with Gasteiger partial charge in [-0.1, -0.05) is 28.1 Å². The third-order valence-corrected chi connectivity index (χ3v) is 5.10. The number of hydrogen-bond acceptors (Lipinski definition) is 4. The van der Waals surface area contributed by atoms with Gasteiger partial charge in [0.15, 0.2) is 0 Å². The van der Waals surface area contributed by atoms with Crippen LogP contribution in [0.5, 0.6) is 5.75 Å². The predicted octanol–water partition coefficient (Wildman–Crippen LogP) is 4.88. The van der Waals surface area contributed by atoms with E-state index in [0.29, 0.717) is 0 Å². The van der Waals surface area contributed by atoms with Crippen LogP contribution in [0.4, 0.5) is 0 Å². The van der Waals surface area contributed by atoms with Crippen molar-refractivity contribution >= 4 is 33.2 Å². The summed E-state index contributed by atoms with van der Waals surface area (Å²) in [6.07, 6.45) is -0.0424. The lowest BCUT2D eigenvalue weighted by molar-refractivity contribution is -0.136. The second-order valence-corrected chi connectivity index (χ2v) is 7.10. The average molecular weight is 404 g/mol. The summed E-state index contributed by atoms with van der Waals surface area (Å²) in [4.78, 5) is 16.6. The number of carboxylic acid groups (broad SMARTS) is 1. The van der Waals surface area contributed by atoms with Crippen molar-refractivity contribution in [3.63, 3.8) is 0 Å². The molecule has 0 atom stereocenters. The number of halogens is 1. The SMILES string of the molecule is COc1ccc(-c2nc(-c3ccc(Br)cc3)c(CC(=O)O)s2)cc1. The van der Waals surface area contributed by atoms with Crippen molar-refractivity contribution < 1.29 is 14.6 Å². The van der Waals surface area contributed by atoms with Crippen LogP contribution in [0.25, 0.3) is 21.8 Å². The minimum atomic E-state index is -0.863. The van der Waals surface area contributed by atoms with Gasteiger partial charge >= 0.3 is 5.97 Å². The molecule has 0 amide bonds. The molecule has 3 rings (SSSR count). The molecule has 4 nitrogen and oxygen atoms in total. The highest BCUT2D eigenvalue weighted by Gasteiger charge is 2.16. The van der Waals surface area contributed by atoms with E-state index in [2.05, 4.69) is 20.9 Å². The first kappa shape index (κ1) is 16.7. The summed E-state index contributed by atoms with van der Waals surface area (Å²) < 4.78 is 6.14. The number of carboxylic acids is 1. The molecule has 1 N–H and O–H groups in total. The maximum absolute atomic E-state index is 11.2. The van der Waals surface area contributed by atoms with Crippen LogP contribution >= 0.6 is 27.3 Å². The maximum atomic E-state index is 11.2. The molecule has 0 radical (unpaired) electrons. The van der Waals surface area contributed by atoms with E-state index in [1.807, 2.05) is 48.5 Å². The minimum Gasteiger partial charge on any atom is -0.497 e. The number of rotatable bonds is 5. The van der Waals surface area contributed by atoms with Gasteiger partial charge < -0.3 is 9.84 Å². The highest BCUT2D eigenvalue weighted by molar-refractivity contribution is 9.10. The van der Waals surface area contributed by atoms with Gasteiger partial charge in [-0.15, -0.1) is 11.3 Å². The Labute approximate surface area is 151 Å². The predicted molar refractivity (Wildman–Crippen MR) is 98.6 cm³/mol. The van der Waals surface area contributed by atoms with E-state index >= 15 is 0 Å². The van der Waals surface area contributed by atoms with Crippen LogP contribution in [0.3, 0.4) is 0 Å². The van der Waals surface area contributed by atoms with Gasteiger partial charge in [0, 0.05) is 20.5 Å². The normalized spacial score (nSPS) is 10.6. The van der Waals surface area contributed by atoms with Gasteiger partial charge in [-0.05, 0) is 36.4 Å². The molecule has 0 aliphatic heterocycles. The van der Waals surface area contributed by atoms with E-state index < -0.39 is 5.97 Å². The number of methoxy groups -OCH3 is 1. The first-order valence-electron chi connectivity index (χ1n) is 7.18. The van der Waals surface area contributed by atoms with Crippen molar-refractivity contribution in [2.24, 2.45) is 0 Å². The molecule has 1 heterocycles. The second-order valence-electron chi connectivity index (χ2n) is 5.10. The quantitative estimate of drug-likeness (QED) is 0.659. The van der Waals surface area contributed by atoms with Crippen LogP contribution in [0.15, 0.2) is 53.0 Å². The molecule has 0 bridgehead atoms. The van der Waals surface area contributed by atoms with Gasteiger partial charge in [0.2, 0.25) is 0 Å². The summed E-state index contributed by atoms with van der Waals surface area (Å²) in [5, 5.41) is 9.98. The van der Waals surface area contributed by atoms with Crippen molar-refractivity contribution in [1.29, 1.82) is 0 Å². The molecule has 0 spiro atoms. The van der Waals surface area contributed by atoms with Crippen molar-refractivity contribution in [1.82, 2.24) is 4.98 Å². The third-order valence-electron chi connectivity index (χ3n) is 3.46. The molecule has 0 aliphatic rings. The van der Waals surface area contributed by atoms with Crippen LogP contribution in [-0.2, 0) is 11.2 Å². The number of benzene rings is 2. The van der Waals surface area contributed by atoms with Crippen molar-refractivity contribution in [3.05, 3.63) is 57.9 Å². The van der Waals surface area contributed by atoms with Gasteiger partial charge in [-0.25, -0.2) is 4.98 Å². The molecule has 0 saturated heterocycles. The Bertz CT molecular complexity index is 857. The Kier molecular flexibility index (Phi) is 4.97. The summed E-state index contributed by atoms with van der Waals surface area (Å²) >= 11 is 4.82. The fourth-order valence-corrected chi connectivity index (χ4v) is 3.64. The Morgan fingerprint density at radius 3 is 2.33 bits per heavy atom. The van der Waals surface area contributed by atoms with Gasteiger partial charge in [-0.3, -0.25) is 4.79 Å². The lowest BCUT2D eigenvalue weighted by Crippen LogP contribution is -1.99. The molecule has 0 aliphatic carbocycles. The van der Waals surface area contributed by atoms with E-state index in [1.54, 1.807) is 7.11 Å². The van der Waals surface area contributed by atoms with E-state index in [-0.39, 0.29) is 6.42 Å². The Hall–Kier alpha value is -2.18. The zero-order chi connectivity index (χ0) is 17.1. The lowest BCUT2D eigenvalue weighted by Gasteiger charge is -2.01. The summed E-state index contributed by atoms with van der Waals surface area (Å²) in [7, 11) is 1.62. The largest absolute Gasteiger partial charge is 0.497 e. The number of thiazole rings is 1. The topological polar surface area (TPSA) is 59.4 Å². The number of hydrogen-bond donors (Lipinski definition) is 1. The van der Waals surface area contributed by atoms with Crippen LogP contribution in [0.1, 0.15) is 4.88 Å². The third kappa shape index (κ3) is 3.66. The van der Waals surface area contributed by atoms with E-state index in [1.165, 1.54) is 11.3 Å². The molecule has 3 aromatic rings. The fraction of sp³-hybridized carbons (Fsp3) is 0.111. The molecule has 6 heteroatoms. The van der Waals surface area contributed by atoms with Gasteiger partial charge in [0.05, 0.1) is 19.2 Å². The number of ether oxygens (including phenoxy) is 1. The van der Waals surface area contributed by atoms with Crippen molar-refractivity contribution in [3.8, 4) is 27.6 Å². The highest BCUT2D eigenvalue weighted by Crippen LogP contribution is 2.35. The molecular weight excluding hydrogens is 390 g/mol. The Morgan fingerprint density at radius 1 is 1.12 bits per heavy atom. The molecule has 0 fully saturated rings.